The van der Waals surface area contributed by atoms with Gasteiger partial charge in [0.05, 0.1) is 11.8 Å². The standard InChI is InChI=1S/C53H58N2O8/c1-3-36-5-19-42(20-6-36)50(58)62-47-28-14-38(15-29-47)13-27-46(56)35-52(33-40-9-23-44(54)24-10-40,34-41-11-25-45(55)26-12-41)53(60,61)49(57)32-18-39-16-30-48(31-17-39)63-51(59)43-21-7-37(4-2)8-22-43/h3-4,9-18,23-32,36-37,42-43,60-61H,1-2,5-8,19-22,33-35,54-55H2/b27-13+,32-18+. The van der Waals surface area contributed by atoms with Gasteiger partial charge in [0.25, 0.3) is 0 Å². The zero-order valence-electron chi connectivity index (χ0n) is 35.7. The minimum atomic E-state index is -3.06. The smallest absolute Gasteiger partial charge is 0.314 e. The van der Waals surface area contributed by atoms with E-state index < -0.39 is 29.2 Å². The number of rotatable bonds is 18. The van der Waals surface area contributed by atoms with Gasteiger partial charge in [-0.15, -0.1) is 13.2 Å². The fourth-order valence-electron chi connectivity index (χ4n) is 8.61. The van der Waals surface area contributed by atoms with E-state index in [2.05, 4.69) is 13.2 Å². The van der Waals surface area contributed by atoms with E-state index in [4.69, 9.17) is 20.9 Å². The molecule has 10 heteroatoms. The molecule has 0 amide bonds. The van der Waals surface area contributed by atoms with Crippen LogP contribution < -0.4 is 20.9 Å². The summed E-state index contributed by atoms with van der Waals surface area (Å²) in [5.74, 6) is -3.82. The third-order valence-corrected chi connectivity index (χ3v) is 12.6. The molecule has 10 nitrogen and oxygen atoms in total. The Morgan fingerprint density at radius 2 is 0.952 bits per heavy atom. The number of allylic oxidation sites excluding steroid dienone is 3. The van der Waals surface area contributed by atoms with E-state index in [1.807, 2.05) is 12.2 Å². The van der Waals surface area contributed by atoms with E-state index in [0.717, 1.165) is 57.4 Å². The summed E-state index contributed by atoms with van der Waals surface area (Å²) < 4.78 is 11.3. The van der Waals surface area contributed by atoms with Crippen LogP contribution in [0.15, 0.2) is 135 Å². The van der Waals surface area contributed by atoms with Crippen molar-refractivity contribution in [1.82, 2.24) is 0 Å². The molecule has 2 saturated carbocycles. The molecule has 0 unspecified atom stereocenters. The Morgan fingerprint density at radius 3 is 1.33 bits per heavy atom. The summed E-state index contributed by atoms with van der Waals surface area (Å²) in [5, 5.41) is 24.4. The Morgan fingerprint density at radius 1 is 0.571 bits per heavy atom. The monoisotopic (exact) mass is 850 g/mol. The number of anilines is 2. The largest absolute Gasteiger partial charge is 0.426 e. The molecule has 4 aromatic carbocycles. The van der Waals surface area contributed by atoms with Crippen LogP contribution in [0.25, 0.3) is 12.2 Å². The predicted molar refractivity (Wildman–Crippen MR) is 247 cm³/mol. The van der Waals surface area contributed by atoms with E-state index in [1.54, 1.807) is 103 Å². The maximum Gasteiger partial charge on any atom is 0.314 e. The van der Waals surface area contributed by atoms with Crippen molar-refractivity contribution < 1.29 is 38.9 Å². The van der Waals surface area contributed by atoms with Crippen LogP contribution in [0.1, 0.15) is 80.0 Å². The number of esters is 2. The first kappa shape index (κ1) is 46.2. The van der Waals surface area contributed by atoms with Gasteiger partial charge in [-0.2, -0.15) is 0 Å². The Balaban J connectivity index is 1.21. The molecule has 0 spiro atoms. The Kier molecular flexibility index (Phi) is 15.5. The number of ketones is 2. The summed E-state index contributed by atoms with van der Waals surface area (Å²) in [7, 11) is 0. The average Bonchev–Trinajstić information content (AvgIpc) is 3.29. The SMILES string of the molecule is C=CC1CCC(C(=O)Oc2ccc(/C=C/C(=O)CC(Cc3ccc(N)cc3)(Cc3ccc(N)cc3)C(O)(O)C(=O)/C=C/c3ccc(OC(=O)C4CCC(C=C)CC4)cc3)cc2)CC1. The first-order chi connectivity index (χ1) is 30.2. The van der Waals surface area contributed by atoms with Crippen LogP contribution in [0.3, 0.4) is 0 Å². The highest BCUT2D eigenvalue weighted by molar-refractivity contribution is 6.01. The average molecular weight is 851 g/mol. The highest BCUT2D eigenvalue weighted by atomic mass is 16.5. The highest BCUT2D eigenvalue weighted by Crippen LogP contribution is 2.43. The van der Waals surface area contributed by atoms with Gasteiger partial charge in [-0.05, 0) is 159 Å². The molecule has 6 rings (SSSR count). The lowest BCUT2D eigenvalue weighted by Gasteiger charge is -2.42. The predicted octanol–water partition coefficient (Wildman–Crippen LogP) is 9.05. The van der Waals surface area contributed by atoms with Crippen LogP contribution in [0.2, 0.25) is 0 Å². The summed E-state index contributed by atoms with van der Waals surface area (Å²) in [6, 6.07) is 26.9. The Labute approximate surface area is 370 Å². The lowest BCUT2D eigenvalue weighted by atomic mass is 9.65. The van der Waals surface area contributed by atoms with Crippen molar-refractivity contribution >= 4 is 47.0 Å². The molecule has 2 aliphatic rings. The lowest BCUT2D eigenvalue weighted by Crippen LogP contribution is -2.57. The van der Waals surface area contributed by atoms with Gasteiger partial charge in [0.1, 0.15) is 11.5 Å². The van der Waals surface area contributed by atoms with Crippen molar-refractivity contribution in [1.29, 1.82) is 0 Å². The third kappa shape index (κ3) is 12.4. The quantitative estimate of drug-likeness (QED) is 0.0189. The van der Waals surface area contributed by atoms with Crippen molar-refractivity contribution in [2.24, 2.45) is 29.1 Å². The number of hydrogen-bond donors (Lipinski definition) is 4. The first-order valence-corrected chi connectivity index (χ1v) is 21.7. The Bertz CT molecular complexity index is 2230. The minimum Gasteiger partial charge on any atom is -0.426 e. The molecular weight excluding hydrogens is 793 g/mol. The zero-order valence-corrected chi connectivity index (χ0v) is 35.7. The molecule has 0 aliphatic heterocycles. The van der Waals surface area contributed by atoms with E-state index in [-0.39, 0.29) is 36.6 Å². The van der Waals surface area contributed by atoms with E-state index in [1.165, 1.54) is 12.2 Å². The van der Waals surface area contributed by atoms with Crippen molar-refractivity contribution in [3.8, 4) is 11.5 Å². The van der Waals surface area contributed by atoms with Crippen molar-refractivity contribution in [2.75, 3.05) is 11.5 Å². The molecule has 4 aromatic rings. The maximum absolute atomic E-state index is 14.1. The number of ether oxygens (including phenoxy) is 2. The third-order valence-electron chi connectivity index (χ3n) is 12.6. The van der Waals surface area contributed by atoms with Crippen LogP contribution in [-0.2, 0) is 32.0 Å². The number of carbonyl (C=O) groups excluding carboxylic acids is 4. The minimum absolute atomic E-state index is 0.0889. The van der Waals surface area contributed by atoms with Gasteiger partial charge in [-0.25, -0.2) is 0 Å². The van der Waals surface area contributed by atoms with E-state index >= 15 is 0 Å². The summed E-state index contributed by atoms with van der Waals surface area (Å²) in [4.78, 5) is 53.8. The molecule has 2 aliphatic carbocycles. The second-order valence-electron chi connectivity index (χ2n) is 17.1. The second kappa shape index (κ2) is 21.1. The van der Waals surface area contributed by atoms with E-state index in [0.29, 0.717) is 57.0 Å². The van der Waals surface area contributed by atoms with Crippen molar-refractivity contribution in [3.05, 3.63) is 157 Å². The molecule has 0 aromatic heterocycles. The molecule has 0 radical (unpaired) electrons. The molecule has 63 heavy (non-hydrogen) atoms. The topological polar surface area (TPSA) is 179 Å². The molecule has 0 bridgehead atoms. The number of nitrogens with two attached hydrogens (primary N) is 2. The first-order valence-electron chi connectivity index (χ1n) is 21.7. The zero-order chi connectivity index (χ0) is 45.0. The summed E-state index contributed by atoms with van der Waals surface area (Å²) in [5.41, 5.74) is 13.6. The summed E-state index contributed by atoms with van der Waals surface area (Å²) >= 11 is 0. The van der Waals surface area contributed by atoms with Gasteiger partial charge in [0.15, 0.2) is 5.78 Å². The van der Waals surface area contributed by atoms with Crippen molar-refractivity contribution in [2.45, 2.75) is 76.4 Å². The van der Waals surface area contributed by atoms with Crippen LogP contribution in [0.5, 0.6) is 11.5 Å². The summed E-state index contributed by atoms with van der Waals surface area (Å²) in [6.07, 6.45) is 15.4. The van der Waals surface area contributed by atoms with Crippen LogP contribution >= 0.6 is 0 Å². The number of hydrogen-bond acceptors (Lipinski definition) is 10. The highest BCUT2D eigenvalue weighted by Gasteiger charge is 2.54. The second-order valence-corrected chi connectivity index (χ2v) is 17.1. The number of carbonyl (C=O) groups is 4. The fraction of sp³-hybridized carbons (Fsp3) is 0.321. The maximum atomic E-state index is 14.1. The van der Waals surface area contributed by atoms with Gasteiger partial charge in [-0.3, -0.25) is 19.2 Å². The fourth-order valence-corrected chi connectivity index (χ4v) is 8.61. The molecule has 0 atom stereocenters. The van der Waals surface area contributed by atoms with Crippen LogP contribution in [-0.4, -0.2) is 39.5 Å². The molecule has 0 saturated heterocycles. The number of aliphatic hydroxyl groups is 2. The van der Waals surface area contributed by atoms with Crippen molar-refractivity contribution in [3.63, 3.8) is 0 Å². The Hall–Kier alpha value is -6.36. The summed E-state index contributed by atoms with van der Waals surface area (Å²) in [6.45, 7) is 7.73. The van der Waals surface area contributed by atoms with Gasteiger partial charge >= 0.3 is 11.9 Å². The number of benzene rings is 4. The van der Waals surface area contributed by atoms with Gasteiger partial charge in [0, 0.05) is 23.2 Å². The molecule has 2 fully saturated rings. The van der Waals surface area contributed by atoms with E-state index in [9.17, 15) is 29.4 Å². The molecule has 328 valence electrons. The molecule has 0 heterocycles. The van der Waals surface area contributed by atoms with Gasteiger partial charge in [0.2, 0.25) is 11.6 Å². The van der Waals surface area contributed by atoms with Gasteiger partial charge < -0.3 is 31.2 Å². The number of nitrogen functional groups attached to an aromatic ring is 2. The normalized spacial score (nSPS) is 19.3. The van der Waals surface area contributed by atoms with Crippen LogP contribution in [0.4, 0.5) is 11.4 Å². The lowest BCUT2D eigenvalue weighted by molar-refractivity contribution is -0.230. The molecule has 6 N–H and O–H groups in total. The molecular formula is C53H58N2O8. The van der Waals surface area contributed by atoms with Crippen LogP contribution in [0, 0.1) is 29.1 Å². The van der Waals surface area contributed by atoms with Gasteiger partial charge in [-0.1, -0.05) is 72.8 Å².